The molecule has 8 heteroatoms. The molecule has 0 saturated carbocycles. The van der Waals surface area contributed by atoms with E-state index < -0.39 is 4.87 Å². The van der Waals surface area contributed by atoms with Gasteiger partial charge in [-0.1, -0.05) is 0 Å². The van der Waals surface area contributed by atoms with Gasteiger partial charge in [0.15, 0.2) is 0 Å². The Labute approximate surface area is 147 Å². The highest BCUT2D eigenvalue weighted by Crippen LogP contribution is 2.22. The average molecular weight is 343 g/mol. The van der Waals surface area contributed by atoms with Crippen LogP contribution in [-0.4, -0.2) is 30.6 Å². The number of thiol groups is 1. The van der Waals surface area contributed by atoms with Gasteiger partial charge in [0.1, 0.15) is 11.9 Å². The molecule has 0 aliphatic carbocycles. The summed E-state index contributed by atoms with van der Waals surface area (Å²) in [5.74, 6) is 1.14. The van der Waals surface area contributed by atoms with Gasteiger partial charge in [-0.05, 0) is 39.3 Å². The molecule has 0 aliphatic heterocycles. The number of nitrogens with zero attached hydrogens (tertiary/aromatic N) is 5. The van der Waals surface area contributed by atoms with Crippen molar-refractivity contribution in [2.45, 2.75) is 44.5 Å². The molecule has 0 spiro atoms. The summed E-state index contributed by atoms with van der Waals surface area (Å²) < 4.78 is 0. The second-order valence-electron chi connectivity index (χ2n) is 6.81. The smallest absolute Gasteiger partial charge is 0.223 e. The van der Waals surface area contributed by atoms with E-state index in [4.69, 9.17) is 5.26 Å². The van der Waals surface area contributed by atoms with Crippen molar-refractivity contribution in [2.24, 2.45) is 0 Å². The third kappa shape index (κ3) is 5.66. The number of hydrogen-bond acceptors (Lipinski definition) is 8. The van der Waals surface area contributed by atoms with Gasteiger partial charge >= 0.3 is 0 Å². The third-order valence-electron chi connectivity index (χ3n) is 2.92. The van der Waals surface area contributed by atoms with Crippen molar-refractivity contribution in [1.82, 2.24) is 20.2 Å². The normalized spacial score (nSPS) is 13.7. The first-order valence-electron chi connectivity index (χ1n) is 7.49. The van der Waals surface area contributed by atoms with E-state index in [-0.39, 0.29) is 5.54 Å². The number of aromatic nitrogens is 4. The number of nitrogens with one attached hydrogen (secondary N) is 2. The van der Waals surface area contributed by atoms with E-state index in [2.05, 4.69) is 64.2 Å². The van der Waals surface area contributed by atoms with Crippen molar-refractivity contribution in [2.75, 3.05) is 10.6 Å². The lowest BCUT2D eigenvalue weighted by Crippen LogP contribution is -2.32. The van der Waals surface area contributed by atoms with Gasteiger partial charge in [0, 0.05) is 12.0 Å². The second-order valence-corrected chi connectivity index (χ2v) is 7.79. The first kappa shape index (κ1) is 17.9. The van der Waals surface area contributed by atoms with E-state index in [1.165, 1.54) is 12.4 Å². The predicted octanol–water partition coefficient (Wildman–Crippen LogP) is 2.65. The van der Waals surface area contributed by atoms with Crippen LogP contribution in [0.4, 0.5) is 11.8 Å². The summed E-state index contributed by atoms with van der Waals surface area (Å²) in [4.78, 5) is 7.63. The summed E-state index contributed by atoms with van der Waals surface area (Å²) in [7, 11) is 0. The highest BCUT2D eigenvalue weighted by Gasteiger charge is 2.21. The van der Waals surface area contributed by atoms with Gasteiger partial charge in [0.2, 0.25) is 5.95 Å². The van der Waals surface area contributed by atoms with Gasteiger partial charge in [0.05, 0.1) is 29.0 Å². The molecule has 0 aliphatic rings. The van der Waals surface area contributed by atoms with Crippen LogP contribution in [0.2, 0.25) is 0 Å². The van der Waals surface area contributed by atoms with Crippen molar-refractivity contribution < 1.29 is 0 Å². The minimum atomic E-state index is -0.587. The topological polar surface area (TPSA) is 99.4 Å². The van der Waals surface area contributed by atoms with Gasteiger partial charge in [-0.25, -0.2) is 9.97 Å². The lowest BCUT2D eigenvalue weighted by atomic mass is 10.1. The molecule has 1 atom stereocenters. The van der Waals surface area contributed by atoms with Crippen molar-refractivity contribution in [3.05, 3.63) is 35.8 Å². The Morgan fingerprint density at radius 2 is 1.79 bits per heavy atom. The highest BCUT2D eigenvalue weighted by molar-refractivity contribution is 7.81. The zero-order valence-electron chi connectivity index (χ0n) is 14.2. The van der Waals surface area contributed by atoms with Crippen LogP contribution in [0.25, 0.3) is 0 Å². The van der Waals surface area contributed by atoms with Crippen LogP contribution >= 0.6 is 12.6 Å². The molecule has 24 heavy (non-hydrogen) atoms. The minimum Gasteiger partial charge on any atom is -0.364 e. The zero-order valence-corrected chi connectivity index (χ0v) is 15.1. The van der Waals surface area contributed by atoms with Crippen LogP contribution in [0.5, 0.6) is 0 Å². The van der Waals surface area contributed by atoms with Crippen LogP contribution in [0.1, 0.15) is 38.8 Å². The second kappa shape index (κ2) is 7.01. The molecule has 0 radical (unpaired) electrons. The maximum atomic E-state index is 8.78. The van der Waals surface area contributed by atoms with Crippen molar-refractivity contribution in [3.63, 3.8) is 0 Å². The quantitative estimate of drug-likeness (QED) is 0.567. The predicted molar refractivity (Wildman–Crippen MR) is 96.9 cm³/mol. The van der Waals surface area contributed by atoms with E-state index >= 15 is 0 Å². The molecule has 0 fully saturated rings. The highest BCUT2D eigenvalue weighted by atomic mass is 32.1. The fourth-order valence-corrected chi connectivity index (χ4v) is 2.36. The monoisotopic (exact) mass is 343 g/mol. The molecule has 2 aromatic heterocycles. The van der Waals surface area contributed by atoms with Gasteiger partial charge in [-0.2, -0.15) is 23.0 Å². The summed E-state index contributed by atoms with van der Waals surface area (Å²) in [6, 6.07) is 3.94. The molecule has 0 bridgehead atoms. The first-order valence-corrected chi connectivity index (χ1v) is 7.94. The van der Waals surface area contributed by atoms with E-state index in [1.54, 1.807) is 6.20 Å². The summed E-state index contributed by atoms with van der Waals surface area (Å²) >= 11 is 4.65. The lowest BCUT2D eigenvalue weighted by Gasteiger charge is -2.26. The maximum absolute atomic E-state index is 8.78. The molecule has 2 rings (SSSR count). The summed E-state index contributed by atoms with van der Waals surface area (Å²) in [6.07, 6.45) is 5.24. The number of rotatable bonds is 5. The summed E-state index contributed by atoms with van der Waals surface area (Å²) in [6.45, 7) is 8.12. The molecule has 2 aromatic rings. The van der Waals surface area contributed by atoms with E-state index in [0.717, 1.165) is 11.4 Å². The minimum absolute atomic E-state index is 0.0911. The molecular weight excluding hydrogens is 322 g/mol. The van der Waals surface area contributed by atoms with Gasteiger partial charge in [-0.3, -0.25) is 0 Å². The largest absolute Gasteiger partial charge is 0.364 e. The van der Waals surface area contributed by atoms with Crippen LogP contribution < -0.4 is 10.6 Å². The lowest BCUT2D eigenvalue weighted by molar-refractivity contribution is 0.627. The molecule has 1 unspecified atom stereocenters. The van der Waals surface area contributed by atoms with Gasteiger partial charge in [-0.15, -0.1) is 5.10 Å². The van der Waals surface area contributed by atoms with E-state index in [1.807, 2.05) is 19.1 Å². The molecule has 126 valence electrons. The van der Waals surface area contributed by atoms with E-state index in [9.17, 15) is 0 Å². The fourth-order valence-electron chi connectivity index (χ4n) is 2.08. The van der Waals surface area contributed by atoms with Crippen molar-refractivity contribution >= 4 is 24.4 Å². The Kier molecular flexibility index (Phi) is 5.24. The summed E-state index contributed by atoms with van der Waals surface area (Å²) in [5.41, 5.74) is 1.31. The number of hydrogen-bond donors (Lipinski definition) is 3. The molecular formula is C16H21N7S. The van der Waals surface area contributed by atoms with Crippen LogP contribution in [0.3, 0.4) is 0 Å². The van der Waals surface area contributed by atoms with Crippen molar-refractivity contribution in [3.8, 4) is 6.07 Å². The Balaban J connectivity index is 2.07. The first-order chi connectivity index (χ1) is 11.2. The molecule has 0 saturated heterocycles. The number of nitriles is 1. The molecule has 2 heterocycles. The summed E-state index contributed by atoms with van der Waals surface area (Å²) in [5, 5.41) is 23.4. The molecule has 2 N–H and O–H groups in total. The SMILES string of the molecule is CC(C)(C)Nc1cc(CC(C)(S)Nc2ncc(C#N)cn2)cnn1. The van der Waals surface area contributed by atoms with Crippen molar-refractivity contribution in [1.29, 1.82) is 5.26 Å². The van der Waals surface area contributed by atoms with E-state index in [0.29, 0.717) is 17.9 Å². The standard InChI is InChI=1S/C16H21N7S/c1-15(2,3)21-13-5-11(10-20-23-13)6-16(4,24)22-14-18-8-12(7-17)9-19-14/h5,8-10,24H,6H2,1-4H3,(H,21,23)(H,18,19,22). The van der Waals surface area contributed by atoms with Crippen LogP contribution in [-0.2, 0) is 6.42 Å². The molecule has 0 aromatic carbocycles. The Hall–Kier alpha value is -2.40. The molecule has 0 amide bonds. The third-order valence-corrected chi connectivity index (χ3v) is 3.19. The van der Waals surface area contributed by atoms with Gasteiger partial charge in [0.25, 0.3) is 0 Å². The Morgan fingerprint density at radius 3 is 2.38 bits per heavy atom. The fraction of sp³-hybridized carbons (Fsp3) is 0.438. The average Bonchev–Trinajstić information content (AvgIpc) is 2.45. The number of anilines is 2. The zero-order chi connectivity index (χ0) is 17.8. The van der Waals surface area contributed by atoms with Crippen LogP contribution in [0, 0.1) is 11.3 Å². The van der Waals surface area contributed by atoms with Gasteiger partial charge < -0.3 is 10.6 Å². The molecule has 7 nitrogen and oxygen atoms in total. The maximum Gasteiger partial charge on any atom is 0.223 e. The Morgan fingerprint density at radius 1 is 1.12 bits per heavy atom. The van der Waals surface area contributed by atoms with Crippen LogP contribution in [0.15, 0.2) is 24.7 Å². The Bertz CT molecular complexity index is 729.